The van der Waals surface area contributed by atoms with Gasteiger partial charge in [-0.3, -0.25) is 4.90 Å². The number of nitrogens with zero attached hydrogens (tertiary/aromatic N) is 4. The van der Waals surface area contributed by atoms with Gasteiger partial charge in [0.15, 0.2) is 11.1 Å². The Morgan fingerprint density at radius 1 is 1.36 bits per heavy atom. The molecule has 126 valence electrons. The first-order valence-electron chi connectivity index (χ1n) is 7.23. The molecular weight excluding hydrogens is 312 g/mol. The van der Waals surface area contributed by atoms with E-state index in [1.807, 2.05) is 18.7 Å². The van der Waals surface area contributed by atoms with E-state index in [-0.39, 0.29) is 0 Å². The van der Waals surface area contributed by atoms with Crippen LogP contribution in [0.2, 0.25) is 0 Å². The molecule has 1 N–H and O–H groups in total. The number of hydrogen-bond donors (Lipinski definition) is 1. The van der Waals surface area contributed by atoms with Gasteiger partial charge in [0.1, 0.15) is 5.69 Å². The van der Waals surface area contributed by atoms with Crippen LogP contribution in [0, 0.1) is 0 Å². The van der Waals surface area contributed by atoms with Crippen LogP contribution in [0.5, 0.6) is 0 Å². The summed E-state index contributed by atoms with van der Waals surface area (Å²) in [7, 11) is 0. The summed E-state index contributed by atoms with van der Waals surface area (Å²) in [5.74, 6) is 0. The number of morpholine rings is 1. The largest absolute Gasteiger partial charge is 0.379 e. The van der Waals surface area contributed by atoms with Crippen LogP contribution in [0.4, 0.5) is 0 Å². The topological polar surface area (TPSA) is 98.9 Å². The second-order valence-corrected chi connectivity index (χ2v) is 5.59. The van der Waals surface area contributed by atoms with Crippen LogP contribution in [-0.2, 0) is 25.3 Å². The SMILES string of the molecule is CCOC(OCC)c1cn(C(N2CCOCC2)S(=O)O)nn1. The molecule has 1 aliphatic heterocycles. The molecule has 22 heavy (non-hydrogen) atoms. The summed E-state index contributed by atoms with van der Waals surface area (Å²) < 4.78 is 38.9. The highest BCUT2D eigenvalue weighted by atomic mass is 32.2. The lowest BCUT2D eigenvalue weighted by Gasteiger charge is -2.31. The first-order chi connectivity index (χ1) is 10.7. The van der Waals surface area contributed by atoms with E-state index in [4.69, 9.17) is 14.2 Å². The van der Waals surface area contributed by atoms with Gasteiger partial charge in [0, 0.05) is 26.3 Å². The van der Waals surface area contributed by atoms with E-state index in [2.05, 4.69) is 10.3 Å². The van der Waals surface area contributed by atoms with E-state index in [1.165, 1.54) is 4.68 Å². The number of ether oxygens (including phenoxy) is 3. The van der Waals surface area contributed by atoms with Crippen molar-refractivity contribution in [3.05, 3.63) is 11.9 Å². The Morgan fingerprint density at radius 2 is 2.00 bits per heavy atom. The molecule has 0 spiro atoms. The average Bonchev–Trinajstić information content (AvgIpc) is 2.97. The minimum absolute atomic E-state index is 0.469. The number of rotatable bonds is 8. The lowest BCUT2D eigenvalue weighted by molar-refractivity contribution is -0.142. The maximum absolute atomic E-state index is 11.7. The number of aromatic nitrogens is 3. The quantitative estimate of drug-likeness (QED) is 0.537. The maximum atomic E-state index is 11.7. The maximum Gasteiger partial charge on any atom is 0.208 e. The van der Waals surface area contributed by atoms with Crippen LogP contribution in [0.3, 0.4) is 0 Å². The fourth-order valence-electron chi connectivity index (χ4n) is 2.21. The van der Waals surface area contributed by atoms with Crippen LogP contribution in [0.1, 0.15) is 31.3 Å². The van der Waals surface area contributed by atoms with E-state index in [9.17, 15) is 8.76 Å². The van der Waals surface area contributed by atoms with Crippen molar-refractivity contribution in [1.29, 1.82) is 0 Å². The molecule has 1 aromatic heterocycles. The van der Waals surface area contributed by atoms with Crippen molar-refractivity contribution in [2.45, 2.75) is 25.6 Å². The van der Waals surface area contributed by atoms with Crippen LogP contribution in [0.15, 0.2) is 6.20 Å². The summed E-state index contributed by atoms with van der Waals surface area (Å²) in [5, 5.41) is 7.98. The van der Waals surface area contributed by atoms with E-state index in [1.54, 1.807) is 6.20 Å². The molecule has 1 aromatic rings. The normalized spacial score (nSPS) is 19.5. The van der Waals surface area contributed by atoms with Crippen LogP contribution in [0.25, 0.3) is 0 Å². The molecule has 0 radical (unpaired) electrons. The van der Waals surface area contributed by atoms with Gasteiger partial charge in [-0.2, -0.15) is 0 Å². The van der Waals surface area contributed by atoms with Crippen LogP contribution >= 0.6 is 0 Å². The highest BCUT2D eigenvalue weighted by molar-refractivity contribution is 7.79. The van der Waals surface area contributed by atoms with Crippen molar-refractivity contribution < 1.29 is 23.0 Å². The molecule has 0 amide bonds. The van der Waals surface area contributed by atoms with Gasteiger partial charge in [0.05, 0.1) is 19.4 Å². The highest BCUT2D eigenvalue weighted by Crippen LogP contribution is 2.21. The average molecular weight is 334 g/mol. The predicted molar refractivity (Wildman–Crippen MR) is 78.2 cm³/mol. The van der Waals surface area contributed by atoms with Gasteiger partial charge < -0.3 is 18.8 Å². The van der Waals surface area contributed by atoms with Crippen molar-refractivity contribution in [2.24, 2.45) is 0 Å². The summed E-state index contributed by atoms with van der Waals surface area (Å²) in [5.41, 5.74) is -0.318. The van der Waals surface area contributed by atoms with Crippen LogP contribution < -0.4 is 0 Å². The van der Waals surface area contributed by atoms with Crippen molar-refractivity contribution in [3.63, 3.8) is 0 Å². The summed E-state index contributed by atoms with van der Waals surface area (Å²) in [6.07, 6.45) is 0.964. The van der Waals surface area contributed by atoms with Crippen molar-refractivity contribution in [2.75, 3.05) is 39.5 Å². The summed E-state index contributed by atoms with van der Waals surface area (Å²) >= 11 is -2.11. The molecule has 2 atom stereocenters. The zero-order chi connectivity index (χ0) is 15.9. The van der Waals surface area contributed by atoms with E-state index in [0.717, 1.165) is 0 Å². The Hall–Kier alpha value is -0.910. The molecule has 0 bridgehead atoms. The molecule has 1 aliphatic rings. The molecule has 1 fully saturated rings. The smallest absolute Gasteiger partial charge is 0.208 e. The first kappa shape index (κ1) is 17.4. The third-order valence-electron chi connectivity index (χ3n) is 3.17. The molecule has 0 aliphatic carbocycles. The monoisotopic (exact) mass is 334 g/mol. The Morgan fingerprint density at radius 3 is 2.55 bits per heavy atom. The summed E-state index contributed by atoms with van der Waals surface area (Å²) in [4.78, 5) is 1.84. The first-order valence-corrected chi connectivity index (χ1v) is 8.40. The fourth-order valence-corrected chi connectivity index (χ4v) is 2.97. The van der Waals surface area contributed by atoms with Crippen LogP contribution in [-0.4, -0.2) is 68.2 Å². The fraction of sp³-hybridized carbons (Fsp3) is 0.833. The second kappa shape index (κ2) is 8.65. The molecule has 1 saturated heterocycles. The van der Waals surface area contributed by atoms with Gasteiger partial charge in [-0.1, -0.05) is 5.21 Å². The molecular formula is C12H22N4O5S. The molecule has 0 saturated carbocycles. The van der Waals surface area contributed by atoms with Crippen molar-refractivity contribution in [3.8, 4) is 0 Å². The predicted octanol–water partition coefficient (Wildman–Crippen LogP) is 0.360. The highest BCUT2D eigenvalue weighted by Gasteiger charge is 2.29. The summed E-state index contributed by atoms with van der Waals surface area (Å²) in [6.45, 7) is 6.82. The zero-order valence-electron chi connectivity index (χ0n) is 12.8. The molecule has 0 aromatic carbocycles. The lowest BCUT2D eigenvalue weighted by Crippen LogP contribution is -2.43. The van der Waals surface area contributed by atoms with Gasteiger partial charge in [-0.05, 0) is 13.8 Å². The minimum Gasteiger partial charge on any atom is -0.379 e. The molecule has 2 rings (SSSR count). The summed E-state index contributed by atoms with van der Waals surface area (Å²) in [6, 6.07) is 0. The van der Waals surface area contributed by atoms with Gasteiger partial charge >= 0.3 is 0 Å². The minimum atomic E-state index is -2.11. The third kappa shape index (κ3) is 4.31. The zero-order valence-corrected chi connectivity index (χ0v) is 13.6. The van der Waals surface area contributed by atoms with Gasteiger partial charge in [0.25, 0.3) is 0 Å². The number of hydrogen-bond acceptors (Lipinski definition) is 7. The van der Waals surface area contributed by atoms with Crippen molar-refractivity contribution in [1.82, 2.24) is 19.9 Å². The molecule has 2 heterocycles. The van der Waals surface area contributed by atoms with Gasteiger partial charge in [0.2, 0.25) is 11.8 Å². The Kier molecular flexibility index (Phi) is 6.86. The van der Waals surface area contributed by atoms with Gasteiger partial charge in [-0.25, -0.2) is 8.89 Å². The molecule has 10 heteroatoms. The van der Waals surface area contributed by atoms with Crippen molar-refractivity contribution >= 4 is 11.1 Å². The Bertz CT molecular complexity index is 474. The molecule has 2 unspecified atom stereocenters. The standard InChI is InChI=1S/C12H22N4O5S/c1-3-20-11(21-4-2)10-9-16(14-13-10)12(22(17)18)15-5-7-19-8-6-15/h9,11-12H,3-8H2,1-2H3,(H,17,18). The third-order valence-corrected chi connectivity index (χ3v) is 4.05. The van der Waals surface area contributed by atoms with E-state index in [0.29, 0.717) is 45.2 Å². The Labute approximate surface area is 131 Å². The van der Waals surface area contributed by atoms with E-state index >= 15 is 0 Å². The second-order valence-electron chi connectivity index (χ2n) is 4.62. The van der Waals surface area contributed by atoms with E-state index < -0.39 is 22.9 Å². The lowest BCUT2D eigenvalue weighted by atomic mass is 10.4. The van der Waals surface area contributed by atoms with Gasteiger partial charge in [-0.15, -0.1) is 5.10 Å². The Balaban J connectivity index is 2.16. The molecule has 9 nitrogen and oxygen atoms in total.